The van der Waals surface area contributed by atoms with Crippen LogP contribution >= 0.6 is 11.3 Å². The normalized spacial score (nSPS) is 24.8. The Morgan fingerprint density at radius 1 is 1.29 bits per heavy atom. The molecule has 4 rings (SSSR count). The predicted molar refractivity (Wildman–Crippen MR) is 93.1 cm³/mol. The quantitative estimate of drug-likeness (QED) is 0.779. The van der Waals surface area contributed by atoms with Crippen LogP contribution in [0.3, 0.4) is 0 Å². The number of sulfone groups is 1. The maximum absolute atomic E-state index is 12.8. The number of nitrogens with zero attached hydrogens (tertiary/aromatic N) is 2. The first-order valence-electron chi connectivity index (χ1n) is 8.46. The molecule has 24 heavy (non-hydrogen) atoms. The molecule has 0 aliphatic carbocycles. The predicted octanol–water partition coefficient (Wildman–Crippen LogP) is 1.36. The molecular formula is C15H22N4O3S2. The van der Waals surface area contributed by atoms with Gasteiger partial charge < -0.3 is 10.2 Å². The van der Waals surface area contributed by atoms with Crippen LogP contribution in [-0.2, 0) is 22.0 Å². The minimum absolute atomic E-state index is 0.0183. The van der Waals surface area contributed by atoms with E-state index in [0.717, 1.165) is 55.9 Å². The lowest BCUT2D eigenvalue weighted by atomic mass is 9.86. The average molecular weight is 371 g/mol. The lowest BCUT2D eigenvalue weighted by molar-refractivity contribution is 0.127. The number of fused-ring (bicyclic) bond motifs is 1. The monoisotopic (exact) mass is 370 g/mol. The van der Waals surface area contributed by atoms with Gasteiger partial charge in [0.25, 0.3) is 0 Å². The highest BCUT2D eigenvalue weighted by molar-refractivity contribution is 7.90. The highest BCUT2D eigenvalue weighted by Gasteiger charge is 2.44. The molecule has 0 unspecified atom stereocenters. The number of thiazole rings is 1. The molecule has 0 saturated carbocycles. The fraction of sp³-hybridized carbons (Fsp3) is 0.733. The summed E-state index contributed by atoms with van der Waals surface area (Å²) < 4.78 is 23.5. The van der Waals surface area contributed by atoms with Crippen LogP contribution in [0.25, 0.3) is 0 Å². The van der Waals surface area contributed by atoms with Crippen molar-refractivity contribution in [1.82, 2.24) is 15.2 Å². The zero-order valence-electron chi connectivity index (χ0n) is 13.5. The Kier molecular flexibility index (Phi) is 4.04. The van der Waals surface area contributed by atoms with Crippen molar-refractivity contribution in [3.63, 3.8) is 0 Å². The van der Waals surface area contributed by atoms with E-state index in [1.54, 1.807) is 0 Å². The number of carbonyl (C=O) groups excluding carboxylic acids is 1. The topological polar surface area (TPSA) is 91.4 Å². The summed E-state index contributed by atoms with van der Waals surface area (Å²) in [6.07, 6.45) is 4.54. The summed E-state index contributed by atoms with van der Waals surface area (Å²) in [5.41, 5.74) is 0.804. The van der Waals surface area contributed by atoms with E-state index in [1.807, 2.05) is 4.90 Å². The van der Waals surface area contributed by atoms with Crippen molar-refractivity contribution in [3.8, 4) is 0 Å². The van der Waals surface area contributed by atoms with E-state index in [1.165, 1.54) is 11.3 Å². The average Bonchev–Trinajstić information content (AvgIpc) is 3.10. The summed E-state index contributed by atoms with van der Waals surface area (Å²) in [4.78, 5) is 20.0. The third-order valence-corrected chi connectivity index (χ3v) is 8.12. The molecule has 1 aromatic rings. The van der Waals surface area contributed by atoms with E-state index in [4.69, 9.17) is 0 Å². The van der Waals surface area contributed by atoms with Gasteiger partial charge in [0.15, 0.2) is 15.0 Å². The van der Waals surface area contributed by atoms with Crippen molar-refractivity contribution in [2.45, 2.75) is 43.4 Å². The molecule has 0 bridgehead atoms. The summed E-state index contributed by atoms with van der Waals surface area (Å²) in [6.45, 7) is 2.69. The van der Waals surface area contributed by atoms with E-state index in [9.17, 15) is 13.2 Å². The Morgan fingerprint density at radius 3 is 2.88 bits per heavy atom. The molecule has 3 aliphatic rings. The van der Waals surface area contributed by atoms with Crippen LogP contribution in [0.15, 0.2) is 0 Å². The van der Waals surface area contributed by atoms with Gasteiger partial charge in [-0.3, -0.25) is 5.32 Å². The Hall–Kier alpha value is -1.19. The Labute approximate surface area is 145 Å². The molecule has 4 heterocycles. The smallest absolute Gasteiger partial charge is 0.319 e. The summed E-state index contributed by atoms with van der Waals surface area (Å²) in [5.74, 6) is 0.203. The molecule has 9 heteroatoms. The van der Waals surface area contributed by atoms with E-state index < -0.39 is 9.84 Å². The molecule has 0 radical (unpaired) electrons. The van der Waals surface area contributed by atoms with Gasteiger partial charge >= 0.3 is 6.03 Å². The van der Waals surface area contributed by atoms with Crippen molar-refractivity contribution in [1.29, 1.82) is 0 Å². The van der Waals surface area contributed by atoms with Crippen molar-refractivity contribution in [2.24, 2.45) is 0 Å². The van der Waals surface area contributed by atoms with Gasteiger partial charge in [-0.2, -0.15) is 0 Å². The van der Waals surface area contributed by atoms with Gasteiger partial charge in [0.05, 0.1) is 17.2 Å². The number of aryl methyl sites for hydroxylation is 1. The summed E-state index contributed by atoms with van der Waals surface area (Å²) in [5, 5.41) is 6.81. The molecule has 132 valence electrons. The molecular weight excluding hydrogens is 348 g/mol. The van der Waals surface area contributed by atoms with Gasteiger partial charge in [0, 0.05) is 23.4 Å². The van der Waals surface area contributed by atoms with Crippen LogP contribution in [0, 0.1) is 0 Å². The molecule has 1 aromatic heterocycles. The third kappa shape index (κ3) is 2.93. The van der Waals surface area contributed by atoms with Crippen molar-refractivity contribution in [2.75, 3.05) is 30.7 Å². The first kappa shape index (κ1) is 16.3. The summed E-state index contributed by atoms with van der Waals surface area (Å²) in [6, 6.07) is -0.0941. The highest BCUT2D eigenvalue weighted by Crippen LogP contribution is 2.37. The lowest BCUT2D eigenvalue weighted by Gasteiger charge is -2.41. The van der Waals surface area contributed by atoms with E-state index >= 15 is 0 Å². The molecule has 2 amide bonds. The Bertz CT molecular complexity index is 753. The number of piperidine rings is 1. The summed E-state index contributed by atoms with van der Waals surface area (Å²) >= 11 is 1.30. The van der Waals surface area contributed by atoms with Crippen molar-refractivity contribution in [3.05, 3.63) is 10.6 Å². The van der Waals surface area contributed by atoms with Crippen LogP contribution in [0.4, 0.5) is 9.93 Å². The largest absolute Gasteiger partial charge is 0.324 e. The first-order chi connectivity index (χ1) is 11.5. The second kappa shape index (κ2) is 5.96. The van der Waals surface area contributed by atoms with Crippen LogP contribution in [0.5, 0.6) is 0 Å². The van der Waals surface area contributed by atoms with E-state index in [0.29, 0.717) is 11.6 Å². The number of rotatable bonds is 1. The fourth-order valence-corrected chi connectivity index (χ4v) is 6.88. The zero-order chi connectivity index (χ0) is 16.8. The second-order valence-electron chi connectivity index (χ2n) is 6.89. The second-order valence-corrected chi connectivity index (χ2v) is 10.2. The number of hydrogen-bond donors (Lipinski definition) is 2. The number of anilines is 1. The van der Waals surface area contributed by atoms with Crippen LogP contribution in [-0.4, -0.2) is 55.3 Å². The Morgan fingerprint density at radius 2 is 2.08 bits per heavy atom. The maximum Gasteiger partial charge on any atom is 0.324 e. The minimum atomic E-state index is -3.01. The number of hydrogen-bond acceptors (Lipinski definition) is 6. The summed E-state index contributed by atoms with van der Waals surface area (Å²) in [7, 11) is -3.01. The van der Waals surface area contributed by atoms with Crippen LogP contribution < -0.4 is 10.6 Å². The van der Waals surface area contributed by atoms with Gasteiger partial charge in [-0.05, 0) is 38.8 Å². The molecule has 2 N–H and O–H groups in total. The first-order valence-corrected chi connectivity index (χ1v) is 11.1. The maximum atomic E-state index is 12.8. The zero-order valence-corrected chi connectivity index (χ0v) is 15.1. The van der Waals surface area contributed by atoms with Gasteiger partial charge in [-0.15, -0.1) is 11.3 Å². The molecule has 1 spiro atoms. The van der Waals surface area contributed by atoms with Crippen LogP contribution in [0.1, 0.15) is 36.3 Å². The van der Waals surface area contributed by atoms with Gasteiger partial charge in [0.2, 0.25) is 0 Å². The fourth-order valence-electron chi connectivity index (χ4n) is 4.10. The number of amides is 2. The third-order valence-electron chi connectivity index (χ3n) is 5.37. The highest BCUT2D eigenvalue weighted by atomic mass is 32.2. The Balaban J connectivity index is 1.49. The van der Waals surface area contributed by atoms with Gasteiger partial charge in [0.1, 0.15) is 0 Å². The molecule has 0 aromatic carbocycles. The number of carbonyl (C=O) groups is 1. The standard InChI is InChI=1S/C15H22N4O3S2/c20-14(19-8-1-3-15(19)4-6-16-7-5-15)18-13-17-11-2-9-24(21,22)10-12(11)23-13/h16H,1-10H2,(H,17,18,20). The van der Waals surface area contributed by atoms with E-state index in [-0.39, 0.29) is 23.1 Å². The number of nitrogens with one attached hydrogen (secondary N) is 2. The number of likely N-dealkylation sites (tertiary alicyclic amines) is 1. The van der Waals surface area contributed by atoms with Gasteiger partial charge in [-0.25, -0.2) is 18.2 Å². The molecule has 2 saturated heterocycles. The van der Waals surface area contributed by atoms with Crippen molar-refractivity contribution < 1.29 is 13.2 Å². The number of urea groups is 1. The van der Waals surface area contributed by atoms with Gasteiger partial charge in [-0.1, -0.05) is 0 Å². The van der Waals surface area contributed by atoms with Crippen LogP contribution in [0.2, 0.25) is 0 Å². The molecule has 3 aliphatic heterocycles. The SMILES string of the molecule is O=C(Nc1nc2c(s1)CS(=O)(=O)CC2)N1CCCC12CCNCC2. The van der Waals surface area contributed by atoms with Crippen molar-refractivity contribution >= 4 is 32.3 Å². The lowest BCUT2D eigenvalue weighted by Crippen LogP contribution is -2.54. The number of aromatic nitrogens is 1. The van der Waals surface area contributed by atoms with E-state index in [2.05, 4.69) is 15.6 Å². The molecule has 0 atom stereocenters. The molecule has 7 nitrogen and oxygen atoms in total. The molecule has 2 fully saturated rings. The minimum Gasteiger partial charge on any atom is -0.319 e.